The Hall–Kier alpha value is -2.84. The fourth-order valence-electron chi connectivity index (χ4n) is 5.94. The molecule has 0 bridgehead atoms. The Balaban J connectivity index is 1.76. The number of carboxylic acid groups (broad SMARTS) is 2. The van der Waals surface area contributed by atoms with E-state index in [0.29, 0.717) is 18.4 Å². The molecule has 37 heavy (non-hydrogen) atoms. The van der Waals surface area contributed by atoms with Crippen LogP contribution in [0.4, 0.5) is 9.93 Å². The third-order valence-corrected chi connectivity index (χ3v) is 9.89. The van der Waals surface area contributed by atoms with Crippen LogP contribution in [0.2, 0.25) is 0 Å². The van der Waals surface area contributed by atoms with Crippen molar-refractivity contribution in [2.24, 2.45) is 34.6 Å². The number of carbonyl (C=O) groups excluding carboxylic acids is 1. The predicted octanol–water partition coefficient (Wildman–Crippen LogP) is 2.08. The number of carbonyl (C=O) groups is 3. The summed E-state index contributed by atoms with van der Waals surface area (Å²) in [6.07, 6.45) is 0.363. The van der Waals surface area contributed by atoms with Crippen LogP contribution in [0, 0.1) is 29.6 Å². The zero-order valence-corrected chi connectivity index (χ0v) is 21.8. The molecule has 0 spiro atoms. The number of ketones is 1. The van der Waals surface area contributed by atoms with Gasteiger partial charge in [0, 0.05) is 17.8 Å². The third kappa shape index (κ3) is 5.27. The molecule has 1 aromatic heterocycles. The number of nitrogens with one attached hydrogen (secondary N) is 1. The highest BCUT2D eigenvalue weighted by Crippen LogP contribution is 2.58. The van der Waals surface area contributed by atoms with Crippen LogP contribution in [0.15, 0.2) is 22.5 Å². The first-order valence-corrected chi connectivity index (χ1v) is 14.4. The average Bonchev–Trinajstić information content (AvgIpc) is 3.70. The summed E-state index contributed by atoms with van der Waals surface area (Å²) in [5.74, 6) is -4.63. The molecule has 4 rings (SSSR count). The molecule has 3 fully saturated rings. The number of nitrogens with zero attached hydrogens (tertiary/aromatic N) is 2. The lowest BCUT2D eigenvalue weighted by Crippen LogP contribution is -2.41. The van der Waals surface area contributed by atoms with Gasteiger partial charge >= 0.3 is 12.1 Å². The van der Waals surface area contributed by atoms with Gasteiger partial charge in [0.1, 0.15) is 11.4 Å². The second kappa shape index (κ2) is 9.80. The Kier molecular flexibility index (Phi) is 7.20. The number of hydrogen-bond acceptors (Lipinski definition) is 9. The molecule has 0 saturated heterocycles. The topological polar surface area (TPSA) is 209 Å². The maximum absolute atomic E-state index is 14.1. The van der Waals surface area contributed by atoms with E-state index in [2.05, 4.69) is 21.9 Å². The molecule has 3 aliphatic carbocycles. The maximum atomic E-state index is 14.1. The molecular weight excluding hydrogens is 524 g/mol. The third-order valence-electron chi connectivity index (χ3n) is 7.87. The minimum Gasteiger partial charge on any atom is -0.479 e. The number of fused-ring (bicyclic) bond motifs is 1. The second-order valence-electron chi connectivity index (χ2n) is 10.0. The quantitative estimate of drug-likeness (QED) is 0.161. The Morgan fingerprint density at radius 1 is 1.35 bits per heavy atom. The van der Waals surface area contributed by atoms with Gasteiger partial charge in [-0.2, -0.15) is 8.42 Å². The molecule has 0 aromatic carbocycles. The first-order valence-electron chi connectivity index (χ1n) is 12.0. The summed E-state index contributed by atoms with van der Waals surface area (Å²) in [6.45, 7) is 5.81. The standard InChI is InChI=1S/C23H30N4O8S2/c1-3-11(18(28)17(14-9-36-21(24)26-14)27-23(6-7-23)20(29)30)15-10(2)4-5-12-16(19(12)37(33,34)35)13(15)8-25-22(31)32/h9,11-13,15-16,19,25H,2-8H2,1H3,(H2,24,26)(H,29,30)(H,31,32)(H,33,34,35). The largest absolute Gasteiger partial charge is 0.479 e. The van der Waals surface area contributed by atoms with E-state index in [1.807, 2.05) is 0 Å². The average molecular weight is 555 g/mol. The van der Waals surface area contributed by atoms with Crippen molar-refractivity contribution in [3.63, 3.8) is 0 Å². The van der Waals surface area contributed by atoms with Gasteiger partial charge in [0.15, 0.2) is 16.5 Å². The van der Waals surface area contributed by atoms with Crippen molar-refractivity contribution in [1.82, 2.24) is 10.3 Å². The summed E-state index contributed by atoms with van der Waals surface area (Å²) in [5, 5.41) is 22.0. The number of rotatable bonds is 10. The van der Waals surface area contributed by atoms with Crippen molar-refractivity contribution >= 4 is 50.1 Å². The number of aliphatic carboxylic acids is 1. The number of carboxylic acids is 1. The molecule has 6 atom stereocenters. The van der Waals surface area contributed by atoms with Crippen LogP contribution in [-0.2, 0) is 19.7 Å². The summed E-state index contributed by atoms with van der Waals surface area (Å²) in [4.78, 5) is 45.9. The number of aliphatic imine (C=N–C) groups is 1. The monoisotopic (exact) mass is 554 g/mol. The summed E-state index contributed by atoms with van der Waals surface area (Å²) in [7, 11) is -4.38. The fraction of sp³-hybridized carbons (Fsp3) is 0.609. The van der Waals surface area contributed by atoms with Crippen LogP contribution in [-0.4, -0.2) is 69.1 Å². The number of nitrogen functional groups attached to an aromatic ring is 1. The molecule has 202 valence electrons. The first kappa shape index (κ1) is 27.2. The van der Waals surface area contributed by atoms with Gasteiger partial charge in [0.05, 0.1) is 5.25 Å². The van der Waals surface area contributed by atoms with E-state index < -0.39 is 62.4 Å². The van der Waals surface area contributed by atoms with E-state index in [4.69, 9.17) is 5.73 Å². The van der Waals surface area contributed by atoms with Gasteiger partial charge in [-0.1, -0.05) is 19.1 Å². The molecule has 1 aromatic rings. The second-order valence-corrected chi connectivity index (χ2v) is 12.5. The van der Waals surface area contributed by atoms with Crippen molar-refractivity contribution < 1.29 is 37.6 Å². The molecular formula is C23H30N4O8S2. The number of amides is 1. The van der Waals surface area contributed by atoms with Crippen molar-refractivity contribution in [3.05, 3.63) is 23.2 Å². The molecule has 12 nitrogen and oxygen atoms in total. The van der Waals surface area contributed by atoms with Crippen molar-refractivity contribution in [2.45, 2.75) is 49.8 Å². The number of nitrogens with two attached hydrogens (primary N) is 1. The van der Waals surface area contributed by atoms with Gasteiger partial charge in [-0.15, -0.1) is 11.3 Å². The van der Waals surface area contributed by atoms with Crippen molar-refractivity contribution in [3.8, 4) is 0 Å². The van der Waals surface area contributed by atoms with Gasteiger partial charge in [-0.3, -0.25) is 14.3 Å². The van der Waals surface area contributed by atoms with Crippen LogP contribution in [0.1, 0.15) is 44.7 Å². The summed E-state index contributed by atoms with van der Waals surface area (Å²) < 4.78 is 34.0. The van der Waals surface area contributed by atoms with Crippen LogP contribution in [0.5, 0.6) is 0 Å². The van der Waals surface area contributed by atoms with Crippen LogP contribution >= 0.6 is 11.3 Å². The van der Waals surface area contributed by atoms with E-state index >= 15 is 0 Å². The van der Waals surface area contributed by atoms with Crippen LogP contribution in [0.25, 0.3) is 0 Å². The molecule has 3 saturated carbocycles. The normalized spacial score (nSPS) is 29.5. The van der Waals surface area contributed by atoms with Crippen LogP contribution in [0.3, 0.4) is 0 Å². The molecule has 0 radical (unpaired) electrons. The number of thiazole rings is 1. The van der Waals surface area contributed by atoms with E-state index in [9.17, 15) is 37.6 Å². The SMILES string of the molecule is C=C1CCC2C(C(CNC(=O)O)C1C(CC)C(=O)C(=NC1(C(=O)O)CC1)c1csc(N)n1)C2S(=O)(=O)O. The van der Waals surface area contributed by atoms with Gasteiger partial charge < -0.3 is 21.3 Å². The van der Waals surface area contributed by atoms with Gasteiger partial charge in [-0.05, 0) is 55.8 Å². The fourth-order valence-corrected chi connectivity index (χ4v) is 7.95. The van der Waals surface area contributed by atoms with Gasteiger partial charge in [0.25, 0.3) is 10.1 Å². The number of anilines is 1. The van der Waals surface area contributed by atoms with Crippen molar-refractivity contribution in [1.29, 1.82) is 0 Å². The number of allylic oxidation sites excluding steroid dienone is 1. The van der Waals surface area contributed by atoms with Gasteiger partial charge in [0.2, 0.25) is 0 Å². The zero-order valence-electron chi connectivity index (χ0n) is 20.2. The molecule has 6 N–H and O–H groups in total. The molecule has 3 aliphatic rings. The highest BCUT2D eigenvalue weighted by atomic mass is 32.2. The molecule has 6 unspecified atom stereocenters. The van der Waals surface area contributed by atoms with Crippen LogP contribution < -0.4 is 11.1 Å². The Morgan fingerprint density at radius 2 is 2.03 bits per heavy atom. The zero-order chi connectivity index (χ0) is 27.3. The molecule has 1 amide bonds. The lowest BCUT2D eigenvalue weighted by molar-refractivity contribution is -0.139. The highest BCUT2D eigenvalue weighted by molar-refractivity contribution is 7.86. The van der Waals surface area contributed by atoms with E-state index in [-0.39, 0.29) is 48.3 Å². The molecule has 14 heteroatoms. The van der Waals surface area contributed by atoms with E-state index in [1.165, 1.54) is 5.38 Å². The smallest absolute Gasteiger partial charge is 0.404 e. The van der Waals surface area contributed by atoms with E-state index in [1.54, 1.807) is 6.92 Å². The Morgan fingerprint density at radius 3 is 2.51 bits per heavy atom. The number of aromatic nitrogens is 1. The lowest BCUT2D eigenvalue weighted by atomic mass is 9.71. The Bertz CT molecular complexity index is 1270. The molecule has 0 aliphatic heterocycles. The minimum atomic E-state index is -4.38. The number of Topliss-reactive ketones (excluding diaryl/α,β-unsaturated/α-hetero) is 1. The highest BCUT2D eigenvalue weighted by Gasteiger charge is 2.63. The summed E-state index contributed by atoms with van der Waals surface area (Å²) in [6, 6.07) is 0. The summed E-state index contributed by atoms with van der Waals surface area (Å²) >= 11 is 1.08. The van der Waals surface area contributed by atoms with E-state index in [0.717, 1.165) is 11.3 Å². The minimum absolute atomic E-state index is 0.111. The molecule has 1 heterocycles. The van der Waals surface area contributed by atoms with Gasteiger partial charge in [-0.25, -0.2) is 14.6 Å². The van der Waals surface area contributed by atoms with Crippen molar-refractivity contribution in [2.75, 3.05) is 12.3 Å². The summed E-state index contributed by atoms with van der Waals surface area (Å²) in [5.41, 5.74) is 5.10. The first-order chi connectivity index (χ1) is 17.3. The maximum Gasteiger partial charge on any atom is 0.404 e. The number of hydrogen-bond donors (Lipinski definition) is 5. The predicted molar refractivity (Wildman–Crippen MR) is 135 cm³/mol. The Labute approximate surface area is 217 Å². The lowest BCUT2D eigenvalue weighted by Gasteiger charge is -2.34.